The predicted octanol–water partition coefficient (Wildman–Crippen LogP) is 1.41. The molecule has 1 aromatic heterocycles. The van der Waals surface area contributed by atoms with E-state index in [1.807, 2.05) is 20.8 Å². The highest BCUT2D eigenvalue weighted by Crippen LogP contribution is 2.06. The van der Waals surface area contributed by atoms with Crippen LogP contribution in [0.2, 0.25) is 5.15 Å². The highest BCUT2D eigenvalue weighted by Gasteiger charge is 2.11. The van der Waals surface area contributed by atoms with Crippen LogP contribution in [0.1, 0.15) is 26.3 Å². The molecule has 0 fully saturated rings. The van der Waals surface area contributed by atoms with Crippen LogP contribution in [0.5, 0.6) is 0 Å². The summed E-state index contributed by atoms with van der Waals surface area (Å²) in [6.07, 6.45) is 0.520. The lowest BCUT2D eigenvalue weighted by atomic mass is 10.2. The van der Waals surface area contributed by atoms with Crippen LogP contribution in [0.4, 0.5) is 0 Å². The molecule has 5 heteroatoms. The maximum Gasteiger partial charge on any atom is 0.329 e. The molecule has 1 aromatic rings. The molecule has 0 amide bonds. The van der Waals surface area contributed by atoms with Gasteiger partial charge in [-0.15, -0.1) is 0 Å². The van der Waals surface area contributed by atoms with Crippen LogP contribution < -0.4 is 11.2 Å². The standard InChI is InChI=1S/C10H15ClN2O2/c1-4-7-8(11)12-10(15)13(9(7)14)5-6(2)3/h6H,4-5H2,1-3H3,(H,12,15). The molecule has 0 spiro atoms. The average molecular weight is 231 g/mol. The highest BCUT2D eigenvalue weighted by atomic mass is 35.5. The first-order valence-corrected chi connectivity index (χ1v) is 5.36. The van der Waals surface area contributed by atoms with E-state index < -0.39 is 5.69 Å². The van der Waals surface area contributed by atoms with Crippen LogP contribution in [-0.2, 0) is 13.0 Å². The molecule has 0 aliphatic heterocycles. The summed E-state index contributed by atoms with van der Waals surface area (Å²) in [4.78, 5) is 25.8. The van der Waals surface area contributed by atoms with Crippen LogP contribution in [0.15, 0.2) is 9.59 Å². The fraction of sp³-hybridized carbons (Fsp3) is 0.600. The number of aromatic amines is 1. The number of nitrogens with one attached hydrogen (secondary N) is 1. The van der Waals surface area contributed by atoms with Crippen molar-refractivity contribution in [1.29, 1.82) is 0 Å². The molecule has 15 heavy (non-hydrogen) atoms. The van der Waals surface area contributed by atoms with Gasteiger partial charge < -0.3 is 0 Å². The van der Waals surface area contributed by atoms with Crippen molar-refractivity contribution in [3.8, 4) is 0 Å². The van der Waals surface area contributed by atoms with Crippen LogP contribution in [0.3, 0.4) is 0 Å². The second-order valence-corrected chi connectivity index (χ2v) is 4.26. The van der Waals surface area contributed by atoms with E-state index >= 15 is 0 Å². The summed E-state index contributed by atoms with van der Waals surface area (Å²) in [6, 6.07) is 0. The molecular formula is C10H15ClN2O2. The third-order valence-corrected chi connectivity index (χ3v) is 2.45. The topological polar surface area (TPSA) is 54.9 Å². The van der Waals surface area contributed by atoms with Gasteiger partial charge in [-0.25, -0.2) is 4.79 Å². The summed E-state index contributed by atoms with van der Waals surface area (Å²) in [5, 5.41) is 0.160. The van der Waals surface area contributed by atoms with Crippen LogP contribution >= 0.6 is 11.6 Å². The first-order chi connectivity index (χ1) is 6.97. The number of hydrogen-bond acceptors (Lipinski definition) is 2. The van der Waals surface area contributed by atoms with Crippen molar-refractivity contribution >= 4 is 11.6 Å². The summed E-state index contributed by atoms with van der Waals surface area (Å²) in [5.41, 5.74) is -0.243. The van der Waals surface area contributed by atoms with Gasteiger partial charge in [0.05, 0.1) is 5.56 Å². The minimum Gasteiger partial charge on any atom is -0.297 e. The molecule has 1 heterocycles. The number of H-pyrrole nitrogens is 1. The Morgan fingerprint density at radius 2 is 2.00 bits per heavy atom. The molecule has 1 N–H and O–H groups in total. The predicted molar refractivity (Wildman–Crippen MR) is 60.5 cm³/mol. The molecule has 1 rings (SSSR count). The second-order valence-electron chi connectivity index (χ2n) is 3.89. The van der Waals surface area contributed by atoms with Gasteiger partial charge in [0.15, 0.2) is 0 Å². The molecule has 0 aliphatic carbocycles. The van der Waals surface area contributed by atoms with E-state index in [0.717, 1.165) is 0 Å². The molecule has 0 radical (unpaired) electrons. The van der Waals surface area contributed by atoms with Gasteiger partial charge in [-0.1, -0.05) is 32.4 Å². The van der Waals surface area contributed by atoms with Gasteiger partial charge in [-0.3, -0.25) is 14.3 Å². The Morgan fingerprint density at radius 1 is 1.40 bits per heavy atom. The summed E-state index contributed by atoms with van der Waals surface area (Å²) in [5.74, 6) is 0.245. The van der Waals surface area contributed by atoms with E-state index in [1.54, 1.807) is 0 Å². The van der Waals surface area contributed by atoms with Crippen molar-refractivity contribution in [1.82, 2.24) is 9.55 Å². The van der Waals surface area contributed by atoms with E-state index in [-0.39, 0.29) is 16.6 Å². The van der Waals surface area contributed by atoms with Crippen molar-refractivity contribution < 1.29 is 0 Å². The van der Waals surface area contributed by atoms with Crippen LogP contribution in [0.25, 0.3) is 0 Å². The van der Waals surface area contributed by atoms with Gasteiger partial charge in [-0.05, 0) is 12.3 Å². The number of rotatable bonds is 3. The number of aromatic nitrogens is 2. The quantitative estimate of drug-likeness (QED) is 0.799. The normalized spacial score (nSPS) is 11.0. The lowest BCUT2D eigenvalue weighted by Crippen LogP contribution is -2.38. The summed E-state index contributed by atoms with van der Waals surface area (Å²) in [7, 11) is 0. The van der Waals surface area contributed by atoms with Gasteiger partial charge in [0.2, 0.25) is 0 Å². The maximum atomic E-state index is 11.8. The van der Waals surface area contributed by atoms with E-state index in [4.69, 9.17) is 11.6 Å². The lowest BCUT2D eigenvalue weighted by molar-refractivity contribution is 0.489. The highest BCUT2D eigenvalue weighted by molar-refractivity contribution is 6.30. The minimum atomic E-state index is -0.434. The number of hydrogen-bond donors (Lipinski definition) is 1. The fourth-order valence-corrected chi connectivity index (χ4v) is 1.72. The Labute approximate surface area is 92.9 Å². The smallest absolute Gasteiger partial charge is 0.297 e. The Balaban J connectivity index is 3.40. The van der Waals surface area contributed by atoms with Crippen molar-refractivity contribution in [2.75, 3.05) is 0 Å². The van der Waals surface area contributed by atoms with E-state index in [9.17, 15) is 9.59 Å². The van der Waals surface area contributed by atoms with Gasteiger partial charge >= 0.3 is 5.69 Å². The zero-order valence-corrected chi connectivity index (χ0v) is 9.89. The van der Waals surface area contributed by atoms with E-state index in [1.165, 1.54) is 4.57 Å². The van der Waals surface area contributed by atoms with Crippen molar-refractivity contribution in [2.45, 2.75) is 33.7 Å². The van der Waals surface area contributed by atoms with Gasteiger partial charge in [0.1, 0.15) is 5.15 Å². The summed E-state index contributed by atoms with van der Waals surface area (Å²) in [6.45, 7) is 6.15. The number of halogens is 1. The molecule has 0 aromatic carbocycles. The second kappa shape index (κ2) is 4.66. The Kier molecular flexibility index (Phi) is 3.74. The molecule has 0 saturated carbocycles. The molecule has 0 saturated heterocycles. The Morgan fingerprint density at radius 3 is 2.47 bits per heavy atom. The largest absolute Gasteiger partial charge is 0.329 e. The first-order valence-electron chi connectivity index (χ1n) is 4.98. The van der Waals surface area contributed by atoms with E-state index in [2.05, 4.69) is 4.98 Å². The fourth-order valence-electron chi connectivity index (χ4n) is 1.42. The van der Waals surface area contributed by atoms with Gasteiger partial charge in [-0.2, -0.15) is 0 Å². The molecule has 4 nitrogen and oxygen atoms in total. The van der Waals surface area contributed by atoms with E-state index in [0.29, 0.717) is 18.5 Å². The zero-order valence-electron chi connectivity index (χ0n) is 9.13. The maximum absolute atomic E-state index is 11.8. The van der Waals surface area contributed by atoms with Gasteiger partial charge in [0.25, 0.3) is 5.56 Å². The Bertz CT molecular complexity index is 459. The van der Waals surface area contributed by atoms with Crippen molar-refractivity contribution in [3.63, 3.8) is 0 Å². The third-order valence-electron chi connectivity index (χ3n) is 2.13. The third kappa shape index (κ3) is 2.50. The molecule has 0 unspecified atom stereocenters. The molecule has 0 atom stereocenters. The van der Waals surface area contributed by atoms with Crippen LogP contribution in [-0.4, -0.2) is 9.55 Å². The summed E-state index contributed by atoms with van der Waals surface area (Å²) >= 11 is 5.77. The number of nitrogens with zero attached hydrogens (tertiary/aromatic N) is 1. The molecule has 84 valence electrons. The SMILES string of the molecule is CCc1c(Cl)[nH]c(=O)n(CC(C)C)c1=O. The van der Waals surface area contributed by atoms with Crippen molar-refractivity contribution in [2.24, 2.45) is 5.92 Å². The monoisotopic (exact) mass is 230 g/mol. The first kappa shape index (κ1) is 12.0. The Hall–Kier alpha value is -1.03. The molecule has 0 bridgehead atoms. The van der Waals surface area contributed by atoms with Gasteiger partial charge in [0, 0.05) is 6.54 Å². The molecule has 0 aliphatic rings. The molecular weight excluding hydrogens is 216 g/mol. The van der Waals surface area contributed by atoms with Crippen molar-refractivity contribution in [3.05, 3.63) is 31.6 Å². The summed E-state index contributed by atoms with van der Waals surface area (Å²) < 4.78 is 1.20. The minimum absolute atomic E-state index is 0.160. The van der Waals surface area contributed by atoms with Crippen LogP contribution in [0, 0.1) is 5.92 Å². The average Bonchev–Trinajstić information content (AvgIpc) is 2.12. The lowest BCUT2D eigenvalue weighted by Gasteiger charge is -2.09. The zero-order chi connectivity index (χ0) is 11.6.